The van der Waals surface area contributed by atoms with Crippen molar-refractivity contribution in [3.05, 3.63) is 62.6 Å². The van der Waals surface area contributed by atoms with Gasteiger partial charge in [-0.25, -0.2) is 0 Å². The van der Waals surface area contributed by atoms with Crippen LogP contribution in [0.2, 0.25) is 10.0 Å². The summed E-state index contributed by atoms with van der Waals surface area (Å²) in [7, 11) is 0. The Morgan fingerprint density at radius 2 is 1.52 bits per heavy atom. The summed E-state index contributed by atoms with van der Waals surface area (Å²) in [5.41, 5.74) is 0.952. The second-order valence-corrected chi connectivity index (χ2v) is 9.06. The Balaban J connectivity index is 1.64. The van der Waals surface area contributed by atoms with Crippen molar-refractivity contribution in [1.29, 1.82) is 0 Å². The predicted octanol–water partition coefficient (Wildman–Crippen LogP) is 8.08. The molecule has 0 unspecified atom stereocenters. The number of hydrogen-bond acceptors (Lipinski definition) is 5. The number of oxime groups is 1. The van der Waals surface area contributed by atoms with Gasteiger partial charge in [-0.2, -0.15) is 0 Å². The summed E-state index contributed by atoms with van der Waals surface area (Å²) < 4.78 is 17.1. The van der Waals surface area contributed by atoms with E-state index < -0.39 is 0 Å². The Labute approximate surface area is 215 Å². The minimum Gasteiger partial charge on any atom is -0.494 e. The fourth-order valence-electron chi connectivity index (χ4n) is 2.57. The first-order valence-electron chi connectivity index (χ1n) is 10.5. The summed E-state index contributed by atoms with van der Waals surface area (Å²) in [4.78, 5) is 5.15. The van der Waals surface area contributed by atoms with Gasteiger partial charge in [0, 0.05) is 12.1 Å². The van der Waals surface area contributed by atoms with Crippen molar-refractivity contribution in [2.45, 2.75) is 39.2 Å². The monoisotopic (exact) mass is 533 g/mol. The van der Waals surface area contributed by atoms with Gasteiger partial charge in [0.2, 0.25) is 0 Å². The standard InChI is InChI=1S/C24H27Cl4NO4/c1-17(2)33-29-16-18-6-8-19(9-7-18)30-11-4-3-5-12-32-24-21(25)14-20(15-22(24)26)31-13-10-23(27)28/h6-10,14-17H,3-5,11-13H2,1-2H3. The van der Waals surface area contributed by atoms with Gasteiger partial charge < -0.3 is 19.0 Å². The third kappa shape index (κ3) is 11.3. The normalized spacial score (nSPS) is 11.0. The molecule has 0 aromatic heterocycles. The minimum absolute atomic E-state index is 0.0630. The molecular formula is C24H27Cl4NO4. The van der Waals surface area contributed by atoms with Crippen LogP contribution in [-0.2, 0) is 4.84 Å². The molecule has 2 rings (SSSR count). The van der Waals surface area contributed by atoms with Crippen molar-refractivity contribution in [1.82, 2.24) is 0 Å². The first kappa shape index (κ1) is 27.5. The summed E-state index contributed by atoms with van der Waals surface area (Å²) in [5.74, 6) is 1.76. The number of unbranched alkanes of at least 4 members (excludes halogenated alkanes) is 2. The van der Waals surface area contributed by atoms with Crippen LogP contribution in [0.15, 0.2) is 52.1 Å². The lowest BCUT2D eigenvalue weighted by atomic mass is 10.2. The van der Waals surface area contributed by atoms with E-state index in [2.05, 4.69) is 5.16 Å². The largest absolute Gasteiger partial charge is 0.494 e. The molecule has 0 fully saturated rings. The Hall–Kier alpha value is -1.79. The minimum atomic E-state index is 0.0630. The number of benzene rings is 2. The van der Waals surface area contributed by atoms with Crippen molar-refractivity contribution >= 4 is 52.6 Å². The highest BCUT2D eigenvalue weighted by Gasteiger charge is 2.10. The van der Waals surface area contributed by atoms with Gasteiger partial charge in [0.1, 0.15) is 28.7 Å². The molecule has 0 radical (unpaired) electrons. The molecule has 0 bridgehead atoms. The Kier molecular flexibility index (Phi) is 12.6. The lowest BCUT2D eigenvalue weighted by Crippen LogP contribution is -2.02. The molecule has 0 saturated carbocycles. The molecule has 180 valence electrons. The van der Waals surface area contributed by atoms with E-state index in [1.54, 1.807) is 18.3 Å². The van der Waals surface area contributed by atoms with Crippen molar-refractivity contribution in [3.8, 4) is 17.2 Å². The lowest BCUT2D eigenvalue weighted by molar-refractivity contribution is 0.0873. The van der Waals surface area contributed by atoms with Gasteiger partial charge in [-0.1, -0.05) is 51.6 Å². The van der Waals surface area contributed by atoms with Crippen LogP contribution in [-0.4, -0.2) is 32.1 Å². The molecule has 0 amide bonds. The zero-order chi connectivity index (χ0) is 24.1. The SMILES string of the molecule is CC(C)ON=Cc1ccc(OCCCCCOc2c(Cl)cc(OCC=C(Cl)Cl)cc2Cl)cc1. The summed E-state index contributed by atoms with van der Waals surface area (Å²) in [6.45, 7) is 5.19. The molecule has 0 spiro atoms. The maximum atomic E-state index is 6.27. The highest BCUT2D eigenvalue weighted by atomic mass is 35.5. The molecule has 9 heteroatoms. The van der Waals surface area contributed by atoms with Gasteiger partial charge in [0.15, 0.2) is 5.75 Å². The molecule has 0 heterocycles. The Bertz CT molecular complexity index is 890. The fourth-order valence-corrected chi connectivity index (χ4v) is 3.27. The smallest absolute Gasteiger partial charge is 0.156 e. The lowest BCUT2D eigenvalue weighted by Gasteiger charge is -2.12. The molecule has 0 atom stereocenters. The van der Waals surface area contributed by atoms with Gasteiger partial charge in [0.05, 0.1) is 29.5 Å². The van der Waals surface area contributed by atoms with E-state index in [0.717, 1.165) is 30.6 Å². The maximum absolute atomic E-state index is 6.27. The maximum Gasteiger partial charge on any atom is 0.156 e. The van der Waals surface area contributed by atoms with E-state index in [1.807, 2.05) is 38.1 Å². The fraction of sp³-hybridized carbons (Fsp3) is 0.375. The number of hydrogen-bond donors (Lipinski definition) is 0. The number of rotatable bonds is 14. The van der Waals surface area contributed by atoms with Crippen molar-refractivity contribution in [2.24, 2.45) is 5.16 Å². The number of ether oxygens (including phenoxy) is 3. The molecule has 0 saturated heterocycles. The van der Waals surface area contributed by atoms with E-state index in [4.69, 9.17) is 65.5 Å². The van der Waals surface area contributed by atoms with E-state index in [9.17, 15) is 0 Å². The average Bonchev–Trinajstić information content (AvgIpc) is 2.75. The van der Waals surface area contributed by atoms with Crippen LogP contribution in [0.3, 0.4) is 0 Å². The molecule has 2 aromatic carbocycles. The molecule has 0 aliphatic carbocycles. The second kappa shape index (κ2) is 15.2. The van der Waals surface area contributed by atoms with E-state index in [-0.39, 0.29) is 17.2 Å². The van der Waals surface area contributed by atoms with Crippen LogP contribution in [0.25, 0.3) is 0 Å². The summed E-state index contributed by atoms with van der Waals surface area (Å²) in [6.07, 6.45) is 5.95. The summed E-state index contributed by atoms with van der Waals surface area (Å²) in [6, 6.07) is 11.0. The first-order valence-corrected chi connectivity index (χ1v) is 12.0. The molecule has 33 heavy (non-hydrogen) atoms. The van der Waals surface area contributed by atoms with E-state index in [0.29, 0.717) is 34.8 Å². The van der Waals surface area contributed by atoms with Crippen LogP contribution in [0.1, 0.15) is 38.7 Å². The van der Waals surface area contributed by atoms with Crippen molar-refractivity contribution in [2.75, 3.05) is 19.8 Å². The number of nitrogens with zero attached hydrogens (tertiary/aromatic N) is 1. The zero-order valence-corrected chi connectivity index (χ0v) is 21.6. The van der Waals surface area contributed by atoms with Gasteiger partial charge in [0.25, 0.3) is 0 Å². The molecule has 0 aliphatic heterocycles. The van der Waals surface area contributed by atoms with E-state index >= 15 is 0 Å². The van der Waals surface area contributed by atoms with Gasteiger partial charge in [-0.05, 0) is 69.0 Å². The van der Waals surface area contributed by atoms with Crippen LogP contribution >= 0.6 is 46.4 Å². The van der Waals surface area contributed by atoms with Gasteiger partial charge in [-0.15, -0.1) is 0 Å². The highest BCUT2D eigenvalue weighted by Crippen LogP contribution is 2.37. The molecule has 2 aromatic rings. The zero-order valence-electron chi connectivity index (χ0n) is 18.5. The van der Waals surface area contributed by atoms with Crippen LogP contribution < -0.4 is 14.2 Å². The molecular weight excluding hydrogens is 508 g/mol. The third-order valence-electron chi connectivity index (χ3n) is 4.12. The molecule has 0 N–H and O–H groups in total. The average molecular weight is 535 g/mol. The first-order chi connectivity index (χ1) is 15.8. The summed E-state index contributed by atoms with van der Waals surface area (Å²) >= 11 is 23.6. The molecule has 0 aliphatic rings. The van der Waals surface area contributed by atoms with Crippen LogP contribution in [0.5, 0.6) is 17.2 Å². The van der Waals surface area contributed by atoms with Crippen LogP contribution in [0.4, 0.5) is 0 Å². The summed E-state index contributed by atoms with van der Waals surface area (Å²) in [5, 5.41) is 4.68. The second-order valence-electron chi connectivity index (χ2n) is 7.24. The predicted molar refractivity (Wildman–Crippen MR) is 137 cm³/mol. The van der Waals surface area contributed by atoms with Gasteiger partial charge >= 0.3 is 0 Å². The Morgan fingerprint density at radius 3 is 2.12 bits per heavy atom. The molecule has 5 nitrogen and oxygen atoms in total. The topological polar surface area (TPSA) is 49.3 Å². The van der Waals surface area contributed by atoms with Crippen molar-refractivity contribution in [3.63, 3.8) is 0 Å². The number of halogens is 4. The Morgan fingerprint density at radius 1 is 0.879 bits per heavy atom. The van der Waals surface area contributed by atoms with E-state index in [1.165, 1.54) is 6.08 Å². The quantitative estimate of drug-likeness (QED) is 0.139. The third-order valence-corrected chi connectivity index (χ3v) is 4.99. The van der Waals surface area contributed by atoms with Gasteiger partial charge in [-0.3, -0.25) is 0 Å². The highest BCUT2D eigenvalue weighted by molar-refractivity contribution is 6.55. The van der Waals surface area contributed by atoms with Crippen LogP contribution in [0, 0.1) is 0 Å². The van der Waals surface area contributed by atoms with Crippen molar-refractivity contribution < 1.29 is 19.0 Å².